The first kappa shape index (κ1) is 15.7. The van der Waals surface area contributed by atoms with E-state index in [0.29, 0.717) is 10.6 Å². The fraction of sp³-hybridized carbons (Fsp3) is 0.188. The fourth-order valence-corrected chi connectivity index (χ4v) is 3.53. The quantitative estimate of drug-likeness (QED) is 0.821. The largest absolute Gasteiger partial charge is 0.298 e. The summed E-state index contributed by atoms with van der Waals surface area (Å²) in [6.07, 6.45) is 0.140. The maximum atomic E-state index is 12.0. The van der Waals surface area contributed by atoms with Crippen molar-refractivity contribution in [3.05, 3.63) is 70.7 Å². The first-order valence-corrected chi connectivity index (χ1v) is 8.65. The number of rotatable bonds is 6. The van der Waals surface area contributed by atoms with Crippen molar-refractivity contribution < 1.29 is 13.2 Å². The van der Waals surface area contributed by atoms with Crippen LogP contribution in [0.3, 0.4) is 0 Å². The second-order valence-electron chi connectivity index (χ2n) is 4.86. The van der Waals surface area contributed by atoms with Gasteiger partial charge in [0.05, 0.1) is 5.75 Å². The van der Waals surface area contributed by atoms with Gasteiger partial charge in [-0.25, -0.2) is 8.42 Å². The van der Waals surface area contributed by atoms with Gasteiger partial charge in [0.15, 0.2) is 15.6 Å². The van der Waals surface area contributed by atoms with Crippen molar-refractivity contribution >= 4 is 27.2 Å². The number of carbonyl (C=O) groups is 1. The molecule has 0 heterocycles. The fourth-order valence-electron chi connectivity index (χ4n) is 2.01. The number of ketones is 1. The van der Waals surface area contributed by atoms with E-state index in [-0.39, 0.29) is 18.0 Å². The molecule has 0 saturated carbocycles. The Balaban J connectivity index is 1.97. The first-order chi connectivity index (χ1) is 9.94. The Bertz CT molecular complexity index is 707. The van der Waals surface area contributed by atoms with E-state index < -0.39 is 15.6 Å². The Labute approximate surface area is 129 Å². The Morgan fingerprint density at radius 3 is 2.14 bits per heavy atom. The number of hydrogen-bond donors (Lipinski definition) is 0. The molecule has 2 aromatic carbocycles. The van der Waals surface area contributed by atoms with E-state index in [9.17, 15) is 13.2 Å². The minimum atomic E-state index is -3.46. The smallest absolute Gasteiger partial charge is 0.161 e. The van der Waals surface area contributed by atoms with Crippen LogP contribution in [0.15, 0.2) is 54.6 Å². The molecule has 0 N–H and O–H groups in total. The highest BCUT2D eigenvalue weighted by Crippen LogP contribution is 2.13. The molecule has 0 amide bonds. The molecular formula is C16H15ClO3S. The highest BCUT2D eigenvalue weighted by atomic mass is 35.5. The molecule has 0 radical (unpaired) electrons. The van der Waals surface area contributed by atoms with Crippen molar-refractivity contribution in [3.8, 4) is 0 Å². The van der Waals surface area contributed by atoms with Crippen LogP contribution in [0, 0.1) is 0 Å². The molecule has 0 aliphatic heterocycles. The van der Waals surface area contributed by atoms with Crippen LogP contribution in [0.1, 0.15) is 11.1 Å². The molecule has 0 atom stereocenters. The van der Waals surface area contributed by atoms with Crippen molar-refractivity contribution in [2.75, 3.05) is 5.75 Å². The molecule has 0 fully saturated rings. The minimum absolute atomic E-state index is 0.140. The lowest BCUT2D eigenvalue weighted by Gasteiger charge is -2.05. The summed E-state index contributed by atoms with van der Waals surface area (Å²) in [5.74, 6) is -0.884. The van der Waals surface area contributed by atoms with Gasteiger partial charge in [-0.1, -0.05) is 54.1 Å². The number of sulfone groups is 1. The van der Waals surface area contributed by atoms with Gasteiger partial charge >= 0.3 is 0 Å². The zero-order valence-electron chi connectivity index (χ0n) is 11.3. The minimum Gasteiger partial charge on any atom is -0.298 e. The molecule has 0 bridgehead atoms. The number of carbonyl (C=O) groups excluding carboxylic acids is 1. The highest BCUT2D eigenvalue weighted by molar-refractivity contribution is 7.91. The van der Waals surface area contributed by atoms with Crippen molar-refractivity contribution in [3.63, 3.8) is 0 Å². The van der Waals surface area contributed by atoms with Crippen LogP contribution in [0.2, 0.25) is 5.02 Å². The van der Waals surface area contributed by atoms with Gasteiger partial charge in [-0.05, 0) is 23.3 Å². The monoisotopic (exact) mass is 322 g/mol. The maximum absolute atomic E-state index is 12.0. The molecule has 0 aliphatic rings. The second kappa shape index (κ2) is 6.87. The summed E-state index contributed by atoms with van der Waals surface area (Å²) in [6, 6.07) is 15.7. The van der Waals surface area contributed by atoms with Gasteiger partial charge in [-0.15, -0.1) is 0 Å². The molecule has 110 valence electrons. The summed E-state index contributed by atoms with van der Waals surface area (Å²) in [5.41, 5.74) is 1.45. The van der Waals surface area contributed by atoms with E-state index in [1.807, 2.05) is 30.3 Å². The van der Waals surface area contributed by atoms with Gasteiger partial charge in [0.1, 0.15) is 5.75 Å². The Morgan fingerprint density at radius 2 is 1.52 bits per heavy atom. The van der Waals surface area contributed by atoms with E-state index in [1.165, 1.54) is 0 Å². The highest BCUT2D eigenvalue weighted by Gasteiger charge is 2.17. The van der Waals surface area contributed by atoms with Crippen molar-refractivity contribution in [2.24, 2.45) is 0 Å². The normalized spacial score (nSPS) is 11.3. The third-order valence-corrected chi connectivity index (χ3v) is 4.71. The number of benzene rings is 2. The summed E-state index contributed by atoms with van der Waals surface area (Å²) in [7, 11) is -3.46. The summed E-state index contributed by atoms with van der Waals surface area (Å²) >= 11 is 5.75. The van der Waals surface area contributed by atoms with E-state index in [4.69, 9.17) is 11.6 Å². The van der Waals surface area contributed by atoms with Crippen LogP contribution >= 0.6 is 11.6 Å². The standard InChI is InChI=1S/C16H15ClO3S/c17-15-8-6-14(7-9-15)11-21(19,20)12-16(18)10-13-4-2-1-3-5-13/h1-9H,10-12H2. The third kappa shape index (κ3) is 5.33. The van der Waals surface area contributed by atoms with Gasteiger partial charge in [-0.2, -0.15) is 0 Å². The van der Waals surface area contributed by atoms with Gasteiger partial charge < -0.3 is 0 Å². The van der Waals surface area contributed by atoms with Crippen LogP contribution in [0.5, 0.6) is 0 Å². The summed E-state index contributed by atoms with van der Waals surface area (Å²) in [4.78, 5) is 11.9. The number of halogens is 1. The average molecular weight is 323 g/mol. The van der Waals surface area contributed by atoms with Crippen LogP contribution in [0.25, 0.3) is 0 Å². The van der Waals surface area contributed by atoms with Gasteiger partial charge in [0.2, 0.25) is 0 Å². The lowest BCUT2D eigenvalue weighted by Crippen LogP contribution is -2.19. The number of Topliss-reactive ketones (excluding diaryl/α,β-unsaturated/α-hetero) is 1. The Hall–Kier alpha value is -1.65. The van der Waals surface area contributed by atoms with Crippen LogP contribution < -0.4 is 0 Å². The molecule has 0 unspecified atom stereocenters. The van der Waals surface area contributed by atoms with Crippen LogP contribution in [-0.4, -0.2) is 20.0 Å². The molecule has 0 aliphatic carbocycles. The topological polar surface area (TPSA) is 51.2 Å². The van der Waals surface area contributed by atoms with Crippen molar-refractivity contribution in [1.29, 1.82) is 0 Å². The lowest BCUT2D eigenvalue weighted by molar-refractivity contribution is -0.116. The molecule has 0 aromatic heterocycles. The lowest BCUT2D eigenvalue weighted by atomic mass is 10.1. The van der Waals surface area contributed by atoms with E-state index in [0.717, 1.165) is 5.56 Å². The molecule has 21 heavy (non-hydrogen) atoms. The predicted molar refractivity (Wildman–Crippen MR) is 84.1 cm³/mol. The summed E-state index contributed by atoms with van der Waals surface area (Å²) in [6.45, 7) is 0. The zero-order chi connectivity index (χ0) is 15.3. The molecule has 5 heteroatoms. The van der Waals surface area contributed by atoms with Gasteiger partial charge in [-0.3, -0.25) is 4.79 Å². The molecule has 0 spiro atoms. The first-order valence-electron chi connectivity index (χ1n) is 6.45. The second-order valence-corrected chi connectivity index (χ2v) is 7.36. The molecular weight excluding hydrogens is 308 g/mol. The Kier molecular flexibility index (Phi) is 5.15. The molecule has 0 saturated heterocycles. The SMILES string of the molecule is O=C(Cc1ccccc1)CS(=O)(=O)Cc1ccc(Cl)cc1. The number of hydrogen-bond acceptors (Lipinski definition) is 3. The van der Waals surface area contributed by atoms with Crippen molar-refractivity contribution in [2.45, 2.75) is 12.2 Å². The summed E-state index contributed by atoms with van der Waals surface area (Å²) < 4.78 is 24.1. The van der Waals surface area contributed by atoms with Crippen molar-refractivity contribution in [1.82, 2.24) is 0 Å². The predicted octanol–water partition coefficient (Wildman–Crippen LogP) is 3.07. The van der Waals surface area contributed by atoms with E-state index in [2.05, 4.69) is 0 Å². The molecule has 2 aromatic rings. The van der Waals surface area contributed by atoms with E-state index >= 15 is 0 Å². The van der Waals surface area contributed by atoms with Gasteiger partial charge in [0.25, 0.3) is 0 Å². The van der Waals surface area contributed by atoms with Crippen LogP contribution in [-0.2, 0) is 26.8 Å². The third-order valence-electron chi connectivity index (χ3n) is 2.92. The van der Waals surface area contributed by atoms with Gasteiger partial charge in [0, 0.05) is 11.4 Å². The zero-order valence-corrected chi connectivity index (χ0v) is 12.9. The Morgan fingerprint density at radius 1 is 0.905 bits per heavy atom. The van der Waals surface area contributed by atoms with E-state index in [1.54, 1.807) is 24.3 Å². The molecule has 2 rings (SSSR count). The summed E-state index contributed by atoms with van der Waals surface area (Å²) in [5, 5.41) is 0.552. The van der Waals surface area contributed by atoms with Crippen LogP contribution in [0.4, 0.5) is 0 Å². The average Bonchev–Trinajstić information content (AvgIpc) is 2.41. The molecule has 3 nitrogen and oxygen atoms in total. The maximum Gasteiger partial charge on any atom is 0.161 e.